The molecule has 0 saturated carbocycles. The van der Waals surface area contributed by atoms with Crippen LogP contribution in [0.5, 0.6) is 0 Å². The molecule has 0 amide bonds. The van der Waals surface area contributed by atoms with Gasteiger partial charge in [-0.25, -0.2) is 0 Å². The number of carbonyl (C=O) groups is 1. The van der Waals surface area contributed by atoms with Crippen molar-refractivity contribution >= 4 is 5.78 Å². The van der Waals surface area contributed by atoms with Crippen LogP contribution in [-0.4, -0.2) is 5.78 Å². The second-order valence-corrected chi connectivity index (χ2v) is 3.48. The largest absolute Gasteiger partial charge is 0.300 e. The summed E-state index contributed by atoms with van der Waals surface area (Å²) in [4.78, 5) is 10.8. The van der Waals surface area contributed by atoms with E-state index in [4.69, 9.17) is 0 Å². The van der Waals surface area contributed by atoms with Crippen molar-refractivity contribution in [1.82, 2.24) is 0 Å². The topological polar surface area (TPSA) is 17.1 Å². The molecule has 0 heterocycles. The standard InChI is InChI=1S/C11H16O/c1-9(8-10(2)12)11-6-4-3-5-7-11/h4,6H,3,5,7-8H2,1-2H3/b11-9+. The van der Waals surface area contributed by atoms with Gasteiger partial charge in [-0.3, -0.25) is 4.79 Å². The van der Waals surface area contributed by atoms with Crippen LogP contribution in [0.25, 0.3) is 0 Å². The summed E-state index contributed by atoms with van der Waals surface area (Å²) >= 11 is 0. The Morgan fingerprint density at radius 1 is 1.50 bits per heavy atom. The molecule has 0 fully saturated rings. The first-order chi connectivity index (χ1) is 5.70. The normalized spacial score (nSPS) is 20.8. The number of carbonyl (C=O) groups excluding carboxylic acids is 1. The molecule has 0 radical (unpaired) electrons. The second kappa shape index (κ2) is 4.24. The lowest BCUT2D eigenvalue weighted by molar-refractivity contribution is -0.116. The van der Waals surface area contributed by atoms with Crippen LogP contribution in [0.2, 0.25) is 0 Å². The van der Waals surface area contributed by atoms with Gasteiger partial charge in [-0.05, 0) is 38.7 Å². The molecular weight excluding hydrogens is 148 g/mol. The van der Waals surface area contributed by atoms with E-state index in [0.717, 1.165) is 6.42 Å². The summed E-state index contributed by atoms with van der Waals surface area (Å²) in [7, 11) is 0. The van der Waals surface area contributed by atoms with Gasteiger partial charge in [0.2, 0.25) is 0 Å². The SMILES string of the molecule is CC(=O)C/C(C)=C1\C=CCCC1. The first-order valence-electron chi connectivity index (χ1n) is 4.55. The van der Waals surface area contributed by atoms with Gasteiger partial charge in [0, 0.05) is 6.42 Å². The summed E-state index contributed by atoms with van der Waals surface area (Å²) < 4.78 is 0. The number of Topliss-reactive ketones (excluding diaryl/α,β-unsaturated/α-hetero) is 1. The second-order valence-electron chi connectivity index (χ2n) is 3.48. The zero-order chi connectivity index (χ0) is 8.97. The predicted molar refractivity (Wildman–Crippen MR) is 51.0 cm³/mol. The minimum atomic E-state index is 0.263. The minimum absolute atomic E-state index is 0.263. The van der Waals surface area contributed by atoms with Crippen molar-refractivity contribution in [2.24, 2.45) is 0 Å². The molecule has 0 spiro atoms. The number of ketones is 1. The van der Waals surface area contributed by atoms with E-state index >= 15 is 0 Å². The fourth-order valence-corrected chi connectivity index (χ4v) is 1.56. The third kappa shape index (κ3) is 2.65. The van der Waals surface area contributed by atoms with Crippen LogP contribution in [0, 0.1) is 0 Å². The van der Waals surface area contributed by atoms with Crippen molar-refractivity contribution in [3.05, 3.63) is 23.3 Å². The number of hydrogen-bond acceptors (Lipinski definition) is 1. The number of hydrogen-bond donors (Lipinski definition) is 0. The van der Waals surface area contributed by atoms with E-state index < -0.39 is 0 Å². The Balaban J connectivity index is 2.67. The zero-order valence-corrected chi connectivity index (χ0v) is 7.89. The highest BCUT2D eigenvalue weighted by molar-refractivity contribution is 5.78. The molecule has 1 aliphatic carbocycles. The van der Waals surface area contributed by atoms with Crippen molar-refractivity contribution in [2.75, 3.05) is 0 Å². The van der Waals surface area contributed by atoms with Crippen LogP contribution in [0.3, 0.4) is 0 Å². The Morgan fingerprint density at radius 2 is 2.25 bits per heavy atom. The molecular formula is C11H16O. The molecule has 0 bridgehead atoms. The Morgan fingerprint density at radius 3 is 2.75 bits per heavy atom. The maximum absolute atomic E-state index is 10.8. The highest BCUT2D eigenvalue weighted by Gasteiger charge is 2.04. The van der Waals surface area contributed by atoms with E-state index in [1.54, 1.807) is 6.92 Å². The summed E-state index contributed by atoms with van der Waals surface area (Å²) in [5.41, 5.74) is 2.62. The Kier molecular flexibility index (Phi) is 3.27. The van der Waals surface area contributed by atoms with Gasteiger partial charge in [0.15, 0.2) is 0 Å². The number of rotatable bonds is 2. The van der Waals surface area contributed by atoms with Gasteiger partial charge in [-0.1, -0.05) is 17.7 Å². The predicted octanol–water partition coefficient (Wildman–Crippen LogP) is 3.02. The van der Waals surface area contributed by atoms with Gasteiger partial charge in [0.05, 0.1) is 0 Å². The van der Waals surface area contributed by atoms with Crippen molar-refractivity contribution in [2.45, 2.75) is 39.5 Å². The Labute approximate surface area is 74.2 Å². The molecule has 66 valence electrons. The maximum Gasteiger partial charge on any atom is 0.133 e. The highest BCUT2D eigenvalue weighted by Crippen LogP contribution is 2.21. The highest BCUT2D eigenvalue weighted by atomic mass is 16.1. The van der Waals surface area contributed by atoms with Crippen LogP contribution >= 0.6 is 0 Å². The molecule has 0 aromatic rings. The molecule has 1 nitrogen and oxygen atoms in total. The van der Waals surface area contributed by atoms with Gasteiger partial charge < -0.3 is 0 Å². The fourth-order valence-electron chi connectivity index (χ4n) is 1.56. The molecule has 1 aliphatic rings. The van der Waals surface area contributed by atoms with Crippen molar-refractivity contribution in [3.63, 3.8) is 0 Å². The molecule has 12 heavy (non-hydrogen) atoms. The molecule has 0 unspecified atom stereocenters. The van der Waals surface area contributed by atoms with E-state index in [-0.39, 0.29) is 5.78 Å². The van der Waals surface area contributed by atoms with Crippen molar-refractivity contribution < 1.29 is 4.79 Å². The van der Waals surface area contributed by atoms with E-state index in [2.05, 4.69) is 19.1 Å². The average molecular weight is 164 g/mol. The van der Waals surface area contributed by atoms with E-state index in [1.165, 1.54) is 24.0 Å². The third-order valence-corrected chi connectivity index (χ3v) is 2.20. The van der Waals surface area contributed by atoms with Crippen molar-refractivity contribution in [1.29, 1.82) is 0 Å². The smallest absolute Gasteiger partial charge is 0.133 e. The summed E-state index contributed by atoms with van der Waals surface area (Å²) in [6, 6.07) is 0. The quantitative estimate of drug-likeness (QED) is 0.613. The lowest BCUT2D eigenvalue weighted by Gasteiger charge is -2.10. The minimum Gasteiger partial charge on any atom is -0.300 e. The van der Waals surface area contributed by atoms with Crippen molar-refractivity contribution in [3.8, 4) is 0 Å². The van der Waals surface area contributed by atoms with Gasteiger partial charge >= 0.3 is 0 Å². The first kappa shape index (κ1) is 9.24. The van der Waals surface area contributed by atoms with Crippen LogP contribution in [0.1, 0.15) is 39.5 Å². The van der Waals surface area contributed by atoms with Gasteiger partial charge in [0.1, 0.15) is 5.78 Å². The third-order valence-electron chi connectivity index (χ3n) is 2.20. The fraction of sp³-hybridized carbons (Fsp3) is 0.545. The summed E-state index contributed by atoms with van der Waals surface area (Å²) in [5.74, 6) is 0.263. The zero-order valence-electron chi connectivity index (χ0n) is 7.89. The monoisotopic (exact) mass is 164 g/mol. The molecule has 0 saturated heterocycles. The summed E-state index contributed by atoms with van der Waals surface area (Å²) in [5, 5.41) is 0. The molecule has 0 aromatic heterocycles. The lowest BCUT2D eigenvalue weighted by Crippen LogP contribution is -1.96. The Hall–Kier alpha value is -0.850. The van der Waals surface area contributed by atoms with E-state index in [0.29, 0.717) is 6.42 Å². The van der Waals surface area contributed by atoms with Crippen LogP contribution < -0.4 is 0 Å². The van der Waals surface area contributed by atoms with Gasteiger partial charge in [-0.2, -0.15) is 0 Å². The molecule has 0 N–H and O–H groups in total. The van der Waals surface area contributed by atoms with Crippen LogP contribution in [-0.2, 0) is 4.79 Å². The molecule has 1 heteroatoms. The first-order valence-corrected chi connectivity index (χ1v) is 4.55. The molecule has 0 atom stereocenters. The molecule has 0 aromatic carbocycles. The van der Waals surface area contributed by atoms with Crippen LogP contribution in [0.15, 0.2) is 23.3 Å². The lowest BCUT2D eigenvalue weighted by atomic mass is 9.95. The van der Waals surface area contributed by atoms with Crippen LogP contribution in [0.4, 0.5) is 0 Å². The van der Waals surface area contributed by atoms with Gasteiger partial charge in [-0.15, -0.1) is 0 Å². The Bertz CT molecular complexity index is 233. The van der Waals surface area contributed by atoms with E-state index in [1.807, 2.05) is 0 Å². The maximum atomic E-state index is 10.8. The molecule has 1 rings (SSSR count). The van der Waals surface area contributed by atoms with E-state index in [9.17, 15) is 4.79 Å². The van der Waals surface area contributed by atoms with Gasteiger partial charge in [0.25, 0.3) is 0 Å². The molecule has 0 aliphatic heterocycles. The summed E-state index contributed by atoms with van der Waals surface area (Å²) in [6.45, 7) is 3.71. The number of allylic oxidation sites excluding steroid dienone is 4. The average Bonchev–Trinajstić information content (AvgIpc) is 2.05. The summed E-state index contributed by atoms with van der Waals surface area (Å²) in [6.07, 6.45) is 8.57.